The van der Waals surface area contributed by atoms with Crippen LogP contribution >= 0.6 is 0 Å². The Labute approximate surface area is 84.3 Å². The standard InChI is InChI=1S/C12H16FN/c1-9-7-11(13)6-5-10(9)8-14-12-3-2-4-12/h5-7,12,14H,2-4,8H2,1H3. The van der Waals surface area contributed by atoms with Crippen LogP contribution in [0.1, 0.15) is 30.4 Å². The van der Waals surface area contributed by atoms with Crippen LogP contribution in [0.25, 0.3) is 0 Å². The third-order valence-electron chi connectivity index (χ3n) is 2.99. The highest BCUT2D eigenvalue weighted by Crippen LogP contribution is 2.19. The van der Waals surface area contributed by atoms with Crippen molar-refractivity contribution in [3.63, 3.8) is 0 Å². The number of hydrogen-bond acceptors (Lipinski definition) is 1. The maximum atomic E-state index is 12.8. The fraction of sp³-hybridized carbons (Fsp3) is 0.500. The lowest BCUT2D eigenvalue weighted by Gasteiger charge is -2.26. The van der Waals surface area contributed by atoms with Crippen molar-refractivity contribution in [1.29, 1.82) is 0 Å². The zero-order valence-corrected chi connectivity index (χ0v) is 8.52. The first kappa shape index (κ1) is 9.66. The van der Waals surface area contributed by atoms with Gasteiger partial charge in [0.25, 0.3) is 0 Å². The van der Waals surface area contributed by atoms with E-state index in [-0.39, 0.29) is 5.82 Å². The zero-order valence-electron chi connectivity index (χ0n) is 8.52. The van der Waals surface area contributed by atoms with Gasteiger partial charge in [-0.2, -0.15) is 0 Å². The van der Waals surface area contributed by atoms with Gasteiger partial charge in [0.2, 0.25) is 0 Å². The van der Waals surface area contributed by atoms with E-state index in [1.807, 2.05) is 13.0 Å². The number of benzene rings is 1. The average Bonchev–Trinajstić information content (AvgIpc) is 2.05. The summed E-state index contributed by atoms with van der Waals surface area (Å²) in [6, 6.07) is 5.69. The Kier molecular flexibility index (Phi) is 2.82. The molecule has 1 N–H and O–H groups in total. The van der Waals surface area contributed by atoms with Crippen LogP contribution in [0.15, 0.2) is 18.2 Å². The molecule has 0 bridgehead atoms. The van der Waals surface area contributed by atoms with Crippen LogP contribution in [0.2, 0.25) is 0 Å². The molecule has 76 valence electrons. The summed E-state index contributed by atoms with van der Waals surface area (Å²) in [7, 11) is 0. The van der Waals surface area contributed by atoms with Gasteiger partial charge in [0.15, 0.2) is 0 Å². The molecule has 0 atom stereocenters. The van der Waals surface area contributed by atoms with Crippen LogP contribution in [-0.4, -0.2) is 6.04 Å². The number of aryl methyl sites for hydroxylation is 1. The Balaban J connectivity index is 1.94. The molecule has 1 nitrogen and oxygen atoms in total. The van der Waals surface area contributed by atoms with Crippen molar-refractivity contribution < 1.29 is 4.39 Å². The first-order chi connectivity index (χ1) is 6.75. The van der Waals surface area contributed by atoms with Crippen molar-refractivity contribution >= 4 is 0 Å². The Morgan fingerprint density at radius 2 is 2.21 bits per heavy atom. The van der Waals surface area contributed by atoms with Crippen molar-refractivity contribution in [1.82, 2.24) is 5.32 Å². The molecule has 0 radical (unpaired) electrons. The molecular formula is C12H16FN. The lowest BCUT2D eigenvalue weighted by molar-refractivity contribution is 0.338. The van der Waals surface area contributed by atoms with Crippen molar-refractivity contribution in [2.24, 2.45) is 0 Å². The number of rotatable bonds is 3. The van der Waals surface area contributed by atoms with Crippen LogP contribution in [0, 0.1) is 12.7 Å². The van der Waals surface area contributed by atoms with Crippen LogP contribution < -0.4 is 5.32 Å². The molecule has 1 aromatic rings. The fourth-order valence-electron chi connectivity index (χ4n) is 1.72. The predicted octanol–water partition coefficient (Wildman–Crippen LogP) is 2.78. The van der Waals surface area contributed by atoms with Crippen molar-refractivity contribution in [2.45, 2.75) is 38.8 Å². The summed E-state index contributed by atoms with van der Waals surface area (Å²) in [5.41, 5.74) is 2.25. The molecule has 1 saturated carbocycles. The molecule has 0 amide bonds. The molecule has 0 saturated heterocycles. The van der Waals surface area contributed by atoms with E-state index in [4.69, 9.17) is 0 Å². The summed E-state index contributed by atoms with van der Waals surface area (Å²) in [6.07, 6.45) is 3.93. The van der Waals surface area contributed by atoms with E-state index in [0.29, 0.717) is 6.04 Å². The molecule has 0 aliphatic heterocycles. The van der Waals surface area contributed by atoms with Gasteiger partial charge in [0, 0.05) is 12.6 Å². The fourth-order valence-corrected chi connectivity index (χ4v) is 1.72. The van der Waals surface area contributed by atoms with E-state index < -0.39 is 0 Å². The summed E-state index contributed by atoms with van der Waals surface area (Å²) in [5, 5.41) is 3.47. The molecule has 1 aliphatic carbocycles. The van der Waals surface area contributed by atoms with Gasteiger partial charge in [-0.25, -0.2) is 4.39 Å². The zero-order chi connectivity index (χ0) is 9.97. The van der Waals surface area contributed by atoms with E-state index in [9.17, 15) is 4.39 Å². The van der Waals surface area contributed by atoms with Crippen LogP contribution in [0.3, 0.4) is 0 Å². The van der Waals surface area contributed by atoms with E-state index >= 15 is 0 Å². The van der Waals surface area contributed by atoms with E-state index in [1.165, 1.54) is 30.9 Å². The number of hydrogen-bond donors (Lipinski definition) is 1. The summed E-state index contributed by atoms with van der Waals surface area (Å²) in [5.74, 6) is -0.144. The molecule has 1 fully saturated rings. The normalized spacial score (nSPS) is 16.7. The molecule has 1 aromatic carbocycles. The van der Waals surface area contributed by atoms with Gasteiger partial charge >= 0.3 is 0 Å². The third kappa shape index (κ3) is 2.13. The quantitative estimate of drug-likeness (QED) is 0.778. The van der Waals surface area contributed by atoms with Gasteiger partial charge in [0.1, 0.15) is 5.82 Å². The molecule has 14 heavy (non-hydrogen) atoms. The summed E-state index contributed by atoms with van der Waals surface area (Å²) < 4.78 is 12.8. The smallest absolute Gasteiger partial charge is 0.123 e. The summed E-state index contributed by atoms with van der Waals surface area (Å²) >= 11 is 0. The van der Waals surface area contributed by atoms with E-state index in [0.717, 1.165) is 12.1 Å². The van der Waals surface area contributed by atoms with E-state index in [2.05, 4.69) is 5.32 Å². The highest BCUT2D eigenvalue weighted by Gasteiger charge is 2.16. The Bertz CT molecular complexity index is 318. The SMILES string of the molecule is Cc1cc(F)ccc1CNC1CCC1. The minimum atomic E-state index is -0.144. The average molecular weight is 193 g/mol. The second kappa shape index (κ2) is 4.09. The first-order valence-corrected chi connectivity index (χ1v) is 5.24. The van der Waals surface area contributed by atoms with E-state index in [1.54, 1.807) is 6.07 Å². The molecular weight excluding hydrogens is 177 g/mol. The van der Waals surface area contributed by atoms with Crippen molar-refractivity contribution in [2.75, 3.05) is 0 Å². The molecule has 0 heterocycles. The number of nitrogens with one attached hydrogen (secondary N) is 1. The second-order valence-electron chi connectivity index (χ2n) is 4.08. The van der Waals surface area contributed by atoms with Gasteiger partial charge in [-0.15, -0.1) is 0 Å². The molecule has 0 unspecified atom stereocenters. The topological polar surface area (TPSA) is 12.0 Å². The van der Waals surface area contributed by atoms with Gasteiger partial charge in [-0.3, -0.25) is 0 Å². The van der Waals surface area contributed by atoms with Crippen LogP contribution in [-0.2, 0) is 6.54 Å². The van der Waals surface area contributed by atoms with Gasteiger partial charge in [0.05, 0.1) is 0 Å². The van der Waals surface area contributed by atoms with Crippen molar-refractivity contribution in [3.05, 3.63) is 35.1 Å². The van der Waals surface area contributed by atoms with Crippen LogP contribution in [0.5, 0.6) is 0 Å². The molecule has 0 aromatic heterocycles. The summed E-state index contributed by atoms with van der Waals surface area (Å²) in [6.45, 7) is 2.83. The largest absolute Gasteiger partial charge is 0.310 e. The summed E-state index contributed by atoms with van der Waals surface area (Å²) in [4.78, 5) is 0. The van der Waals surface area contributed by atoms with Crippen LogP contribution in [0.4, 0.5) is 4.39 Å². The van der Waals surface area contributed by atoms with Crippen molar-refractivity contribution in [3.8, 4) is 0 Å². The monoisotopic (exact) mass is 193 g/mol. The minimum absolute atomic E-state index is 0.144. The molecule has 2 heteroatoms. The maximum Gasteiger partial charge on any atom is 0.123 e. The molecule has 1 aliphatic rings. The van der Waals surface area contributed by atoms with Gasteiger partial charge in [-0.1, -0.05) is 12.5 Å². The highest BCUT2D eigenvalue weighted by atomic mass is 19.1. The first-order valence-electron chi connectivity index (χ1n) is 5.24. The molecule has 0 spiro atoms. The minimum Gasteiger partial charge on any atom is -0.310 e. The maximum absolute atomic E-state index is 12.8. The lowest BCUT2D eigenvalue weighted by Crippen LogP contribution is -2.34. The second-order valence-corrected chi connectivity index (χ2v) is 4.08. The Hall–Kier alpha value is -0.890. The Morgan fingerprint density at radius 3 is 2.79 bits per heavy atom. The Morgan fingerprint density at radius 1 is 1.43 bits per heavy atom. The van der Waals surface area contributed by atoms with Gasteiger partial charge in [-0.05, 0) is 43.0 Å². The third-order valence-corrected chi connectivity index (χ3v) is 2.99. The highest BCUT2D eigenvalue weighted by molar-refractivity contribution is 5.26. The molecule has 2 rings (SSSR count). The predicted molar refractivity (Wildman–Crippen MR) is 55.6 cm³/mol. The number of halogens is 1. The van der Waals surface area contributed by atoms with Gasteiger partial charge < -0.3 is 5.32 Å². The lowest BCUT2D eigenvalue weighted by atomic mass is 9.93.